The van der Waals surface area contributed by atoms with E-state index in [1.165, 1.54) is 5.56 Å². The van der Waals surface area contributed by atoms with Crippen LogP contribution < -0.4 is 5.32 Å². The van der Waals surface area contributed by atoms with Crippen molar-refractivity contribution in [1.29, 1.82) is 0 Å². The van der Waals surface area contributed by atoms with Gasteiger partial charge in [0.1, 0.15) is 5.75 Å². The second kappa shape index (κ2) is 6.27. The van der Waals surface area contributed by atoms with E-state index >= 15 is 0 Å². The summed E-state index contributed by atoms with van der Waals surface area (Å²) in [5.41, 5.74) is 6.09. The average Bonchev–Trinajstić information content (AvgIpc) is 3.16. The molecule has 6 heteroatoms. The minimum Gasteiger partial charge on any atom is -0.508 e. The summed E-state index contributed by atoms with van der Waals surface area (Å²) in [6, 6.07) is 13.0. The van der Waals surface area contributed by atoms with E-state index in [1.807, 2.05) is 30.5 Å². The molecule has 4 aromatic rings. The number of nitrogens with one attached hydrogen (secondary N) is 2. The second-order valence-electron chi connectivity index (χ2n) is 7.25. The van der Waals surface area contributed by atoms with Crippen molar-refractivity contribution < 1.29 is 15.0 Å². The fraction of sp³-hybridized carbons (Fsp3) is 0.182. The number of carbonyl (C=O) groups is 1. The largest absolute Gasteiger partial charge is 0.508 e. The van der Waals surface area contributed by atoms with E-state index in [0.29, 0.717) is 6.42 Å². The molecule has 0 aliphatic heterocycles. The van der Waals surface area contributed by atoms with Crippen LogP contribution in [0.3, 0.4) is 0 Å². The molecule has 6 nitrogen and oxygen atoms in total. The van der Waals surface area contributed by atoms with Crippen LogP contribution in [0.15, 0.2) is 48.7 Å². The molecule has 1 aliphatic carbocycles. The third kappa shape index (κ3) is 2.65. The molecule has 0 spiro atoms. The molecule has 2 aromatic heterocycles. The highest BCUT2D eigenvalue weighted by Gasteiger charge is 2.26. The third-order valence-electron chi connectivity index (χ3n) is 5.56. The number of benzene rings is 2. The molecular formula is C22H19N3O3. The van der Waals surface area contributed by atoms with Crippen LogP contribution in [-0.4, -0.2) is 32.3 Å². The van der Waals surface area contributed by atoms with Gasteiger partial charge in [0.15, 0.2) is 0 Å². The van der Waals surface area contributed by atoms with E-state index in [9.17, 15) is 9.90 Å². The van der Waals surface area contributed by atoms with Gasteiger partial charge >= 0.3 is 6.09 Å². The highest BCUT2D eigenvalue weighted by molar-refractivity contribution is 6.08. The van der Waals surface area contributed by atoms with Gasteiger partial charge in [-0.2, -0.15) is 0 Å². The number of H-pyrrole nitrogens is 1. The van der Waals surface area contributed by atoms with E-state index in [0.717, 1.165) is 51.5 Å². The summed E-state index contributed by atoms with van der Waals surface area (Å²) in [5, 5.41) is 23.7. The number of nitrogens with zero attached hydrogens (tertiary/aromatic N) is 1. The minimum atomic E-state index is -0.999. The number of rotatable bonds is 2. The lowest BCUT2D eigenvalue weighted by Crippen LogP contribution is -2.38. The number of aromatic hydroxyl groups is 1. The molecule has 1 aliphatic rings. The quantitative estimate of drug-likeness (QED) is 0.423. The van der Waals surface area contributed by atoms with Crippen LogP contribution in [0, 0.1) is 0 Å². The lowest BCUT2D eigenvalue weighted by atomic mass is 9.83. The lowest BCUT2D eigenvalue weighted by molar-refractivity contribution is 0.188. The molecule has 5 rings (SSSR count). The molecule has 0 saturated carbocycles. The molecule has 140 valence electrons. The van der Waals surface area contributed by atoms with Gasteiger partial charge in [-0.1, -0.05) is 0 Å². The Morgan fingerprint density at radius 1 is 1.11 bits per heavy atom. The maximum atomic E-state index is 11.2. The van der Waals surface area contributed by atoms with Crippen molar-refractivity contribution in [2.75, 3.05) is 0 Å². The molecule has 2 aromatic carbocycles. The topological polar surface area (TPSA) is 98.2 Å². The summed E-state index contributed by atoms with van der Waals surface area (Å²) in [6.07, 6.45) is 3.08. The van der Waals surface area contributed by atoms with Crippen molar-refractivity contribution in [2.24, 2.45) is 0 Å². The molecule has 0 radical (unpaired) electrons. The van der Waals surface area contributed by atoms with Crippen LogP contribution in [0.1, 0.15) is 17.5 Å². The average molecular weight is 373 g/mol. The van der Waals surface area contributed by atoms with Crippen molar-refractivity contribution in [3.63, 3.8) is 0 Å². The van der Waals surface area contributed by atoms with Gasteiger partial charge in [-0.3, -0.25) is 0 Å². The zero-order valence-electron chi connectivity index (χ0n) is 15.1. The monoisotopic (exact) mass is 373 g/mol. The standard InChI is InChI=1S/C22H19N3O3/c26-14-4-1-12(2-5-14)21-17-11-13(24-22(27)28)3-6-15(17)20-16-9-10-23-18(16)7-8-19(20)25-21/h1-2,4-5,7-10,13,23-24,26H,3,6,11H2,(H,27,28). The Hall–Kier alpha value is -3.54. The number of aromatic nitrogens is 2. The smallest absolute Gasteiger partial charge is 0.404 e. The SMILES string of the molecule is O=C(O)NC1CCc2c(c(-c3ccc(O)cc3)nc3ccc4[nH]ccc4c23)C1. The highest BCUT2D eigenvalue weighted by atomic mass is 16.4. The first-order valence-electron chi connectivity index (χ1n) is 9.30. The first-order chi connectivity index (χ1) is 13.6. The zero-order valence-corrected chi connectivity index (χ0v) is 15.1. The number of hydrogen-bond donors (Lipinski definition) is 4. The predicted octanol–water partition coefficient (Wildman–Crippen LogP) is 4.21. The summed E-state index contributed by atoms with van der Waals surface area (Å²) in [7, 11) is 0. The summed E-state index contributed by atoms with van der Waals surface area (Å²) in [5.74, 6) is 0.206. The van der Waals surface area contributed by atoms with Crippen LogP contribution >= 0.6 is 0 Å². The van der Waals surface area contributed by atoms with Crippen molar-refractivity contribution in [1.82, 2.24) is 15.3 Å². The first kappa shape index (κ1) is 16.6. The molecule has 0 fully saturated rings. The summed E-state index contributed by atoms with van der Waals surface area (Å²) in [6.45, 7) is 0. The van der Waals surface area contributed by atoms with Crippen LogP contribution in [0.5, 0.6) is 5.75 Å². The van der Waals surface area contributed by atoms with Crippen LogP contribution in [0.4, 0.5) is 4.79 Å². The maximum absolute atomic E-state index is 11.2. The normalized spacial score (nSPS) is 16.2. The number of pyridine rings is 1. The van der Waals surface area contributed by atoms with Gasteiger partial charge in [0.2, 0.25) is 0 Å². The summed E-state index contributed by atoms with van der Waals surface area (Å²) < 4.78 is 0. The number of phenols is 1. The molecule has 0 bridgehead atoms. The van der Waals surface area contributed by atoms with Gasteiger partial charge in [0.05, 0.1) is 11.2 Å². The Kier molecular flexibility index (Phi) is 3.72. The van der Waals surface area contributed by atoms with Gasteiger partial charge < -0.3 is 20.5 Å². The van der Waals surface area contributed by atoms with E-state index in [-0.39, 0.29) is 11.8 Å². The van der Waals surface area contributed by atoms with Crippen LogP contribution in [0.25, 0.3) is 33.1 Å². The maximum Gasteiger partial charge on any atom is 0.404 e. The van der Waals surface area contributed by atoms with Gasteiger partial charge in [-0.05, 0) is 72.9 Å². The Bertz CT molecular complexity index is 1210. The van der Waals surface area contributed by atoms with Gasteiger partial charge in [0.25, 0.3) is 0 Å². The first-order valence-corrected chi connectivity index (χ1v) is 9.30. The van der Waals surface area contributed by atoms with E-state index in [2.05, 4.69) is 16.4 Å². The van der Waals surface area contributed by atoms with E-state index in [4.69, 9.17) is 10.1 Å². The molecule has 0 saturated heterocycles. The predicted molar refractivity (Wildman–Crippen MR) is 108 cm³/mol. The third-order valence-corrected chi connectivity index (χ3v) is 5.56. The Morgan fingerprint density at radius 3 is 2.71 bits per heavy atom. The second-order valence-corrected chi connectivity index (χ2v) is 7.25. The molecule has 1 amide bonds. The number of aryl methyl sites for hydroxylation is 1. The number of carboxylic acid groups (broad SMARTS) is 1. The summed E-state index contributed by atoms with van der Waals surface area (Å²) in [4.78, 5) is 19.4. The number of phenolic OH excluding ortho intramolecular Hbond substituents is 1. The molecule has 1 unspecified atom stereocenters. The number of hydrogen-bond acceptors (Lipinski definition) is 3. The van der Waals surface area contributed by atoms with Crippen molar-refractivity contribution in [3.05, 3.63) is 59.8 Å². The van der Waals surface area contributed by atoms with Crippen LogP contribution in [0.2, 0.25) is 0 Å². The summed E-state index contributed by atoms with van der Waals surface area (Å²) >= 11 is 0. The Morgan fingerprint density at radius 2 is 1.93 bits per heavy atom. The van der Waals surface area contributed by atoms with Crippen molar-refractivity contribution in [2.45, 2.75) is 25.3 Å². The number of fused-ring (bicyclic) bond motifs is 5. The van der Waals surface area contributed by atoms with Gasteiger partial charge in [-0.15, -0.1) is 0 Å². The number of aromatic amines is 1. The minimum absolute atomic E-state index is 0.134. The number of amides is 1. The van der Waals surface area contributed by atoms with E-state index in [1.54, 1.807) is 12.1 Å². The fourth-order valence-electron chi connectivity index (χ4n) is 4.33. The van der Waals surface area contributed by atoms with Gasteiger partial charge in [-0.25, -0.2) is 9.78 Å². The lowest BCUT2D eigenvalue weighted by Gasteiger charge is -2.28. The molecule has 4 N–H and O–H groups in total. The zero-order chi connectivity index (χ0) is 19.3. The Balaban J connectivity index is 1.78. The van der Waals surface area contributed by atoms with Crippen molar-refractivity contribution in [3.8, 4) is 17.0 Å². The fourth-order valence-corrected chi connectivity index (χ4v) is 4.33. The molecule has 1 atom stereocenters. The molecule has 28 heavy (non-hydrogen) atoms. The van der Waals surface area contributed by atoms with Crippen LogP contribution in [-0.2, 0) is 12.8 Å². The highest BCUT2D eigenvalue weighted by Crippen LogP contribution is 2.38. The molecular weight excluding hydrogens is 354 g/mol. The molecule has 2 heterocycles. The van der Waals surface area contributed by atoms with Crippen molar-refractivity contribution >= 4 is 27.9 Å². The Labute approximate surface area is 160 Å². The van der Waals surface area contributed by atoms with E-state index < -0.39 is 6.09 Å². The van der Waals surface area contributed by atoms with Gasteiger partial charge in [0, 0.05) is 34.1 Å².